The van der Waals surface area contributed by atoms with Crippen molar-refractivity contribution in [3.63, 3.8) is 0 Å². The first-order valence-electron chi connectivity index (χ1n) is 8.84. The van der Waals surface area contributed by atoms with Crippen molar-refractivity contribution in [2.24, 2.45) is 5.92 Å². The molecule has 2 heterocycles. The Kier molecular flexibility index (Phi) is 3.30. The molecule has 2 aliphatic rings. The van der Waals surface area contributed by atoms with Gasteiger partial charge in [-0.05, 0) is 35.2 Å². The van der Waals surface area contributed by atoms with Gasteiger partial charge in [-0.15, -0.1) is 0 Å². The fourth-order valence-electron chi connectivity index (χ4n) is 4.29. The van der Waals surface area contributed by atoms with Crippen LogP contribution in [-0.2, 0) is 13.0 Å². The first-order chi connectivity index (χ1) is 11.9. The van der Waals surface area contributed by atoms with E-state index in [4.69, 9.17) is 4.74 Å². The standard InChI is InChI=1S/C22H21NO/c1-2-6-16(7-3-1)15-23-13-12-18-14-20-19-9-5-4-8-17(19)10-11-21(20)24-22(18)23/h1-11,18,22H,12-15H2/t18-,22+/m1/s1. The summed E-state index contributed by atoms with van der Waals surface area (Å²) in [5, 5.41) is 2.67. The van der Waals surface area contributed by atoms with Crippen LogP contribution in [0.1, 0.15) is 17.5 Å². The Bertz CT molecular complexity index is 874. The van der Waals surface area contributed by atoms with Crippen LogP contribution in [0.15, 0.2) is 66.7 Å². The van der Waals surface area contributed by atoms with Gasteiger partial charge in [0.25, 0.3) is 0 Å². The van der Waals surface area contributed by atoms with Gasteiger partial charge in [-0.3, -0.25) is 4.90 Å². The molecule has 0 amide bonds. The second-order valence-corrected chi connectivity index (χ2v) is 6.98. The van der Waals surface area contributed by atoms with Gasteiger partial charge in [-0.2, -0.15) is 0 Å². The maximum atomic E-state index is 6.47. The Morgan fingerprint density at radius 2 is 1.75 bits per heavy atom. The van der Waals surface area contributed by atoms with E-state index < -0.39 is 0 Å². The highest BCUT2D eigenvalue weighted by Crippen LogP contribution is 2.41. The monoisotopic (exact) mass is 315 g/mol. The lowest BCUT2D eigenvalue weighted by Crippen LogP contribution is -2.40. The molecule has 0 aromatic heterocycles. The van der Waals surface area contributed by atoms with E-state index in [0.29, 0.717) is 5.92 Å². The van der Waals surface area contributed by atoms with Crippen molar-refractivity contribution in [1.29, 1.82) is 0 Å². The molecule has 3 aromatic rings. The maximum absolute atomic E-state index is 6.47. The average Bonchev–Trinajstić information content (AvgIpc) is 3.03. The highest BCUT2D eigenvalue weighted by molar-refractivity contribution is 5.88. The fourth-order valence-corrected chi connectivity index (χ4v) is 4.29. The van der Waals surface area contributed by atoms with E-state index in [1.165, 1.54) is 28.3 Å². The Morgan fingerprint density at radius 1 is 0.917 bits per heavy atom. The van der Waals surface area contributed by atoms with Crippen molar-refractivity contribution in [2.75, 3.05) is 6.54 Å². The molecule has 3 aromatic carbocycles. The molecule has 0 radical (unpaired) electrons. The van der Waals surface area contributed by atoms with Gasteiger partial charge < -0.3 is 4.74 Å². The van der Waals surface area contributed by atoms with Crippen molar-refractivity contribution in [3.8, 4) is 5.75 Å². The van der Waals surface area contributed by atoms with Crippen LogP contribution in [0, 0.1) is 5.92 Å². The molecule has 0 bridgehead atoms. The van der Waals surface area contributed by atoms with E-state index >= 15 is 0 Å². The van der Waals surface area contributed by atoms with Crippen LogP contribution in [-0.4, -0.2) is 17.7 Å². The lowest BCUT2D eigenvalue weighted by atomic mass is 9.90. The molecule has 2 aliphatic heterocycles. The van der Waals surface area contributed by atoms with Crippen LogP contribution < -0.4 is 4.74 Å². The molecular weight excluding hydrogens is 294 g/mol. The van der Waals surface area contributed by atoms with E-state index in [0.717, 1.165) is 25.3 Å². The van der Waals surface area contributed by atoms with Crippen molar-refractivity contribution < 1.29 is 4.74 Å². The van der Waals surface area contributed by atoms with E-state index in [1.54, 1.807) is 0 Å². The lowest BCUT2D eigenvalue weighted by Gasteiger charge is -2.34. The third kappa shape index (κ3) is 2.30. The Balaban J connectivity index is 1.46. The largest absolute Gasteiger partial charge is 0.474 e. The molecule has 0 spiro atoms. The predicted molar refractivity (Wildman–Crippen MR) is 97.0 cm³/mol. The number of hydrogen-bond donors (Lipinski definition) is 0. The van der Waals surface area contributed by atoms with E-state index in [1.807, 2.05) is 0 Å². The summed E-state index contributed by atoms with van der Waals surface area (Å²) in [4.78, 5) is 2.50. The minimum atomic E-state index is 0.221. The summed E-state index contributed by atoms with van der Waals surface area (Å²) in [5.41, 5.74) is 2.77. The Morgan fingerprint density at radius 3 is 2.67 bits per heavy atom. The molecule has 120 valence electrons. The summed E-state index contributed by atoms with van der Waals surface area (Å²) in [5.74, 6) is 1.68. The minimum Gasteiger partial charge on any atom is -0.474 e. The fraction of sp³-hybridized carbons (Fsp3) is 0.273. The third-order valence-corrected chi connectivity index (χ3v) is 5.49. The molecular formula is C22H21NO. The van der Waals surface area contributed by atoms with E-state index in [9.17, 15) is 0 Å². The van der Waals surface area contributed by atoms with Gasteiger partial charge in [0.2, 0.25) is 0 Å². The van der Waals surface area contributed by atoms with E-state index in [-0.39, 0.29) is 6.23 Å². The molecule has 1 fully saturated rings. The van der Waals surface area contributed by atoms with Crippen LogP contribution in [0.2, 0.25) is 0 Å². The topological polar surface area (TPSA) is 12.5 Å². The normalized spacial score (nSPS) is 22.8. The van der Waals surface area contributed by atoms with Crippen molar-refractivity contribution in [2.45, 2.75) is 25.6 Å². The quantitative estimate of drug-likeness (QED) is 0.684. The lowest BCUT2D eigenvalue weighted by molar-refractivity contribution is 0.0143. The first kappa shape index (κ1) is 14.1. The van der Waals surface area contributed by atoms with Gasteiger partial charge in [0, 0.05) is 24.6 Å². The third-order valence-electron chi connectivity index (χ3n) is 5.49. The number of rotatable bonds is 2. The molecule has 2 nitrogen and oxygen atoms in total. The van der Waals surface area contributed by atoms with Gasteiger partial charge in [0.1, 0.15) is 5.75 Å². The van der Waals surface area contributed by atoms with Crippen molar-refractivity contribution >= 4 is 10.8 Å². The second kappa shape index (κ2) is 5.64. The molecule has 0 saturated carbocycles. The molecule has 0 unspecified atom stereocenters. The summed E-state index contributed by atoms with van der Waals surface area (Å²) in [7, 11) is 0. The highest BCUT2D eigenvalue weighted by atomic mass is 16.5. The number of likely N-dealkylation sites (tertiary alicyclic amines) is 1. The van der Waals surface area contributed by atoms with Crippen LogP contribution in [0.3, 0.4) is 0 Å². The van der Waals surface area contributed by atoms with Crippen LogP contribution in [0.25, 0.3) is 10.8 Å². The summed E-state index contributed by atoms with van der Waals surface area (Å²) in [6, 6.07) is 23.7. The van der Waals surface area contributed by atoms with Gasteiger partial charge in [0.15, 0.2) is 6.23 Å². The Labute approximate surface area is 142 Å². The zero-order chi connectivity index (χ0) is 15.9. The molecule has 2 heteroatoms. The molecule has 0 N–H and O–H groups in total. The first-order valence-corrected chi connectivity index (χ1v) is 8.84. The van der Waals surface area contributed by atoms with Gasteiger partial charge in [-0.25, -0.2) is 0 Å². The van der Waals surface area contributed by atoms with Gasteiger partial charge in [-0.1, -0.05) is 60.7 Å². The predicted octanol–water partition coefficient (Wildman–Crippen LogP) is 4.62. The molecule has 0 aliphatic carbocycles. The SMILES string of the molecule is c1ccc(CN2CC[C@@H]3Cc4c(ccc5ccccc45)O[C@@H]32)cc1. The van der Waals surface area contributed by atoms with Crippen molar-refractivity contribution in [3.05, 3.63) is 77.9 Å². The van der Waals surface area contributed by atoms with Crippen LogP contribution >= 0.6 is 0 Å². The van der Waals surface area contributed by atoms with Crippen molar-refractivity contribution in [1.82, 2.24) is 4.90 Å². The number of fused-ring (bicyclic) bond motifs is 4. The Hall–Kier alpha value is -2.32. The second-order valence-electron chi connectivity index (χ2n) is 6.98. The van der Waals surface area contributed by atoms with Gasteiger partial charge >= 0.3 is 0 Å². The van der Waals surface area contributed by atoms with Crippen LogP contribution in [0.4, 0.5) is 0 Å². The minimum absolute atomic E-state index is 0.221. The molecule has 24 heavy (non-hydrogen) atoms. The summed E-state index contributed by atoms with van der Waals surface area (Å²) in [6.45, 7) is 2.10. The number of ether oxygens (including phenoxy) is 1. The number of hydrogen-bond acceptors (Lipinski definition) is 2. The maximum Gasteiger partial charge on any atom is 0.156 e. The van der Waals surface area contributed by atoms with E-state index in [2.05, 4.69) is 71.6 Å². The molecule has 2 atom stereocenters. The highest BCUT2D eigenvalue weighted by Gasteiger charge is 2.39. The number of benzene rings is 3. The summed E-state index contributed by atoms with van der Waals surface area (Å²) >= 11 is 0. The zero-order valence-corrected chi connectivity index (χ0v) is 13.7. The molecule has 1 saturated heterocycles. The zero-order valence-electron chi connectivity index (χ0n) is 13.7. The average molecular weight is 315 g/mol. The number of nitrogens with zero attached hydrogens (tertiary/aromatic N) is 1. The molecule has 5 rings (SSSR count). The summed E-state index contributed by atoms with van der Waals surface area (Å²) < 4.78 is 6.47. The van der Waals surface area contributed by atoms with Crippen LogP contribution in [0.5, 0.6) is 5.75 Å². The summed E-state index contributed by atoms with van der Waals surface area (Å²) in [6.07, 6.45) is 2.58. The van der Waals surface area contributed by atoms with Gasteiger partial charge in [0.05, 0.1) is 0 Å². The smallest absolute Gasteiger partial charge is 0.156 e.